The second-order valence-electron chi connectivity index (χ2n) is 5.93. The summed E-state index contributed by atoms with van der Waals surface area (Å²) in [6, 6.07) is 11.2. The van der Waals surface area contributed by atoms with Gasteiger partial charge in [0.2, 0.25) is 0 Å². The number of halogens is 1. The summed E-state index contributed by atoms with van der Waals surface area (Å²) < 4.78 is 10.9. The van der Waals surface area contributed by atoms with Crippen molar-refractivity contribution >= 4 is 41.0 Å². The summed E-state index contributed by atoms with van der Waals surface area (Å²) in [5.41, 5.74) is 2.56. The number of carbonyl (C=O) groups excluding carboxylic acids is 1. The zero-order valence-electron chi connectivity index (χ0n) is 15.3. The van der Waals surface area contributed by atoms with Crippen LogP contribution >= 0.6 is 23.4 Å². The molecule has 1 heterocycles. The van der Waals surface area contributed by atoms with Crippen LogP contribution in [0.1, 0.15) is 18.1 Å². The summed E-state index contributed by atoms with van der Waals surface area (Å²) in [5.74, 6) is 1.20. The number of ether oxygens (including phenoxy) is 2. The van der Waals surface area contributed by atoms with Crippen molar-refractivity contribution in [1.82, 2.24) is 5.32 Å². The smallest absolute Gasteiger partial charge is 0.260 e. The number of hydrogen-bond donors (Lipinski definition) is 2. The van der Waals surface area contributed by atoms with E-state index in [2.05, 4.69) is 10.6 Å². The number of hydrogen-bond acceptors (Lipinski definition) is 5. The Morgan fingerprint density at radius 1 is 1.26 bits per heavy atom. The van der Waals surface area contributed by atoms with E-state index >= 15 is 0 Å². The molecule has 7 heteroatoms. The van der Waals surface area contributed by atoms with Gasteiger partial charge < -0.3 is 20.1 Å². The van der Waals surface area contributed by atoms with Crippen LogP contribution in [0.25, 0.3) is 6.08 Å². The highest BCUT2D eigenvalue weighted by atomic mass is 35.5. The molecule has 1 unspecified atom stereocenters. The topological polar surface area (TPSA) is 59.6 Å². The summed E-state index contributed by atoms with van der Waals surface area (Å²) in [6.07, 6.45) is 1.84. The van der Waals surface area contributed by atoms with Gasteiger partial charge in [0.15, 0.2) is 17.0 Å². The molecular weight excluding hydrogens is 384 g/mol. The zero-order chi connectivity index (χ0) is 19.4. The Morgan fingerprint density at radius 3 is 2.81 bits per heavy atom. The lowest BCUT2D eigenvalue weighted by molar-refractivity contribution is -0.116. The van der Waals surface area contributed by atoms with E-state index in [1.165, 1.54) is 11.8 Å². The molecule has 0 spiro atoms. The van der Waals surface area contributed by atoms with Gasteiger partial charge in [0.05, 0.1) is 18.6 Å². The minimum Gasteiger partial charge on any atom is -0.493 e. The Kier molecular flexibility index (Phi) is 6.19. The highest BCUT2D eigenvalue weighted by molar-refractivity contribution is 8.05. The van der Waals surface area contributed by atoms with Crippen LogP contribution in [-0.4, -0.2) is 25.1 Å². The number of anilines is 1. The average molecular weight is 405 g/mol. The fourth-order valence-electron chi connectivity index (χ4n) is 2.66. The van der Waals surface area contributed by atoms with E-state index in [1.54, 1.807) is 7.11 Å². The maximum atomic E-state index is 12.3. The fourth-order valence-corrected chi connectivity index (χ4v) is 3.81. The molecule has 1 amide bonds. The summed E-state index contributed by atoms with van der Waals surface area (Å²) in [4.78, 5) is 13.0. The Morgan fingerprint density at radius 2 is 2.07 bits per heavy atom. The van der Waals surface area contributed by atoms with Gasteiger partial charge in [-0.05, 0) is 55.3 Å². The third-order valence-electron chi connectivity index (χ3n) is 4.00. The van der Waals surface area contributed by atoms with Crippen molar-refractivity contribution < 1.29 is 14.3 Å². The molecule has 1 atom stereocenters. The van der Waals surface area contributed by atoms with Crippen LogP contribution in [0.15, 0.2) is 41.3 Å². The molecule has 5 nitrogen and oxygen atoms in total. The largest absolute Gasteiger partial charge is 0.493 e. The maximum absolute atomic E-state index is 12.3. The Labute approximate surface area is 168 Å². The quantitative estimate of drug-likeness (QED) is 0.686. The lowest BCUT2D eigenvalue weighted by Crippen LogP contribution is -2.31. The standard InChI is InChI=1S/C20H21ClN2O3S/c1-4-26-17-9-13(6-8-16(17)25-3)10-18-19(24)23-20(27-18)22-15-11-14(21)7-5-12(15)2/h5-11,20,22H,4H2,1-3H3,(H,23,24)/b18-10-. The second kappa shape index (κ2) is 8.59. The van der Waals surface area contributed by atoms with Crippen LogP contribution in [0.5, 0.6) is 11.5 Å². The summed E-state index contributed by atoms with van der Waals surface area (Å²) in [5, 5.41) is 6.88. The van der Waals surface area contributed by atoms with E-state index in [0.29, 0.717) is 28.0 Å². The van der Waals surface area contributed by atoms with Gasteiger partial charge in [0, 0.05) is 10.7 Å². The zero-order valence-corrected chi connectivity index (χ0v) is 16.9. The molecule has 1 aliphatic heterocycles. The van der Waals surface area contributed by atoms with Crippen LogP contribution in [0, 0.1) is 6.92 Å². The third-order valence-corrected chi connectivity index (χ3v) is 5.27. The lowest BCUT2D eigenvalue weighted by atomic mass is 10.2. The first-order chi connectivity index (χ1) is 13.0. The molecule has 0 aromatic heterocycles. The molecule has 0 aliphatic carbocycles. The number of amides is 1. The van der Waals surface area contributed by atoms with Gasteiger partial charge in [0.25, 0.3) is 5.91 Å². The SMILES string of the molecule is CCOc1cc(/C=C2\SC(Nc3cc(Cl)ccc3C)NC2=O)ccc1OC. The highest BCUT2D eigenvalue weighted by Crippen LogP contribution is 2.34. The molecule has 1 saturated heterocycles. The van der Waals surface area contributed by atoms with Crippen LogP contribution in [0.2, 0.25) is 5.02 Å². The van der Waals surface area contributed by atoms with Gasteiger partial charge in [0.1, 0.15) is 0 Å². The molecule has 3 rings (SSSR count). The van der Waals surface area contributed by atoms with Gasteiger partial charge in [-0.2, -0.15) is 0 Å². The van der Waals surface area contributed by atoms with Crippen molar-refractivity contribution in [3.63, 3.8) is 0 Å². The average Bonchev–Trinajstić information content (AvgIpc) is 2.98. The molecule has 2 aromatic rings. The molecular formula is C20H21ClN2O3S. The Balaban J connectivity index is 1.77. The predicted molar refractivity (Wildman–Crippen MR) is 111 cm³/mol. The number of methoxy groups -OCH3 is 1. The normalized spacial score (nSPS) is 17.7. The van der Waals surface area contributed by atoms with Gasteiger partial charge in [-0.25, -0.2) is 0 Å². The van der Waals surface area contributed by atoms with Crippen molar-refractivity contribution in [2.24, 2.45) is 0 Å². The first kappa shape index (κ1) is 19.5. The van der Waals surface area contributed by atoms with Crippen molar-refractivity contribution in [2.45, 2.75) is 19.3 Å². The second-order valence-corrected chi connectivity index (χ2v) is 7.51. The number of rotatable bonds is 6. The van der Waals surface area contributed by atoms with Gasteiger partial charge in [-0.3, -0.25) is 4.79 Å². The van der Waals surface area contributed by atoms with E-state index < -0.39 is 0 Å². The minimum atomic E-state index is -0.259. The first-order valence-corrected chi connectivity index (χ1v) is 9.78. The molecule has 2 N–H and O–H groups in total. The molecule has 1 fully saturated rings. The monoisotopic (exact) mass is 404 g/mol. The first-order valence-electron chi connectivity index (χ1n) is 8.53. The van der Waals surface area contributed by atoms with E-state index in [1.807, 2.05) is 56.3 Å². The molecule has 142 valence electrons. The van der Waals surface area contributed by atoms with Crippen molar-refractivity contribution in [1.29, 1.82) is 0 Å². The van der Waals surface area contributed by atoms with Crippen LogP contribution in [-0.2, 0) is 4.79 Å². The van der Waals surface area contributed by atoms with E-state index in [4.69, 9.17) is 21.1 Å². The van der Waals surface area contributed by atoms with E-state index in [0.717, 1.165) is 16.8 Å². The van der Waals surface area contributed by atoms with Crippen molar-refractivity contribution in [2.75, 3.05) is 19.0 Å². The molecule has 0 bridgehead atoms. The minimum absolute atomic E-state index is 0.119. The van der Waals surface area contributed by atoms with E-state index in [9.17, 15) is 4.79 Å². The fraction of sp³-hybridized carbons (Fsp3) is 0.250. The molecule has 27 heavy (non-hydrogen) atoms. The van der Waals surface area contributed by atoms with Crippen molar-refractivity contribution in [3.05, 3.63) is 57.5 Å². The van der Waals surface area contributed by atoms with Crippen LogP contribution in [0.3, 0.4) is 0 Å². The summed E-state index contributed by atoms with van der Waals surface area (Å²) in [6.45, 7) is 4.44. The summed E-state index contributed by atoms with van der Waals surface area (Å²) >= 11 is 7.49. The number of thioether (sulfide) groups is 1. The number of carbonyl (C=O) groups is 1. The van der Waals surface area contributed by atoms with E-state index in [-0.39, 0.29) is 11.4 Å². The van der Waals surface area contributed by atoms with Gasteiger partial charge in [-0.1, -0.05) is 35.5 Å². The highest BCUT2D eigenvalue weighted by Gasteiger charge is 2.27. The molecule has 0 radical (unpaired) electrons. The molecule has 2 aromatic carbocycles. The Bertz CT molecular complexity index is 886. The molecule has 0 saturated carbocycles. The van der Waals surface area contributed by atoms with Gasteiger partial charge in [-0.15, -0.1) is 0 Å². The number of nitrogens with one attached hydrogen (secondary N) is 2. The maximum Gasteiger partial charge on any atom is 0.260 e. The lowest BCUT2D eigenvalue weighted by Gasteiger charge is -2.15. The van der Waals surface area contributed by atoms with Crippen LogP contribution < -0.4 is 20.1 Å². The number of aryl methyl sites for hydroxylation is 1. The number of benzene rings is 2. The third kappa shape index (κ3) is 4.70. The predicted octanol–water partition coefficient (Wildman–Crippen LogP) is 4.66. The van der Waals surface area contributed by atoms with Crippen molar-refractivity contribution in [3.8, 4) is 11.5 Å². The Hall–Kier alpha value is -2.31. The van der Waals surface area contributed by atoms with Gasteiger partial charge >= 0.3 is 0 Å². The summed E-state index contributed by atoms with van der Waals surface area (Å²) in [7, 11) is 1.60. The van der Waals surface area contributed by atoms with Crippen LogP contribution in [0.4, 0.5) is 5.69 Å². The molecule has 1 aliphatic rings.